The average Bonchev–Trinajstić information content (AvgIpc) is 2.77. The molecule has 0 saturated carbocycles. The van der Waals surface area contributed by atoms with Crippen molar-refractivity contribution in [3.63, 3.8) is 0 Å². The van der Waals surface area contributed by atoms with Gasteiger partial charge in [0, 0.05) is 23.8 Å². The number of hydrogen-bond acceptors (Lipinski definition) is 4. The number of likely N-dealkylation sites (tertiary alicyclic amines) is 1. The zero-order valence-electron chi connectivity index (χ0n) is 11.6. The number of rotatable bonds is 2. The number of carbonyl (C=O) groups is 3. The van der Waals surface area contributed by atoms with Gasteiger partial charge in [0.1, 0.15) is 0 Å². The van der Waals surface area contributed by atoms with Crippen molar-refractivity contribution >= 4 is 23.4 Å². The standard InChI is InChI=1S/C14H17N3O4/c1-8-5-11(18)7-17(8)14(21)13(20)16-10-4-2-3-9(6-10)12(15)19/h2-4,6,8,11,18H,5,7H2,1H3,(H2,15,19)(H,16,20). The molecule has 0 spiro atoms. The summed E-state index contributed by atoms with van der Waals surface area (Å²) in [5, 5.41) is 11.9. The Labute approximate surface area is 121 Å². The van der Waals surface area contributed by atoms with E-state index in [-0.39, 0.29) is 18.2 Å². The fraction of sp³-hybridized carbons (Fsp3) is 0.357. The lowest BCUT2D eigenvalue weighted by Crippen LogP contribution is -2.42. The summed E-state index contributed by atoms with van der Waals surface area (Å²) < 4.78 is 0. The van der Waals surface area contributed by atoms with Crippen molar-refractivity contribution in [2.75, 3.05) is 11.9 Å². The summed E-state index contributed by atoms with van der Waals surface area (Å²) in [6.07, 6.45) is -0.147. The molecule has 7 heteroatoms. The topological polar surface area (TPSA) is 113 Å². The third kappa shape index (κ3) is 3.38. The van der Waals surface area contributed by atoms with Crippen molar-refractivity contribution in [2.45, 2.75) is 25.5 Å². The highest BCUT2D eigenvalue weighted by atomic mass is 16.3. The van der Waals surface area contributed by atoms with Gasteiger partial charge in [-0.15, -0.1) is 0 Å². The van der Waals surface area contributed by atoms with E-state index < -0.39 is 23.8 Å². The van der Waals surface area contributed by atoms with Crippen LogP contribution in [0.2, 0.25) is 0 Å². The fourth-order valence-corrected chi connectivity index (χ4v) is 2.35. The smallest absolute Gasteiger partial charge is 0.313 e. The normalized spacial score (nSPS) is 21.1. The number of aliphatic hydroxyl groups excluding tert-OH is 1. The molecular weight excluding hydrogens is 274 g/mol. The van der Waals surface area contributed by atoms with Crippen LogP contribution in [-0.2, 0) is 9.59 Å². The summed E-state index contributed by atoms with van der Waals surface area (Å²) in [7, 11) is 0. The van der Waals surface area contributed by atoms with Gasteiger partial charge in [0.05, 0.1) is 6.10 Å². The monoisotopic (exact) mass is 291 g/mol. The van der Waals surface area contributed by atoms with Gasteiger partial charge in [-0.25, -0.2) is 0 Å². The van der Waals surface area contributed by atoms with Gasteiger partial charge in [0.25, 0.3) is 0 Å². The number of benzene rings is 1. The molecule has 1 aliphatic rings. The number of nitrogens with one attached hydrogen (secondary N) is 1. The summed E-state index contributed by atoms with van der Waals surface area (Å²) in [4.78, 5) is 36.4. The van der Waals surface area contributed by atoms with Crippen LogP contribution in [-0.4, -0.2) is 46.4 Å². The summed E-state index contributed by atoms with van der Waals surface area (Å²) in [6, 6.07) is 5.84. The van der Waals surface area contributed by atoms with Crippen molar-refractivity contribution in [3.05, 3.63) is 29.8 Å². The summed E-state index contributed by atoms with van der Waals surface area (Å²) in [5.74, 6) is -2.13. The van der Waals surface area contributed by atoms with E-state index >= 15 is 0 Å². The van der Waals surface area contributed by atoms with Crippen LogP contribution in [0.3, 0.4) is 0 Å². The highest BCUT2D eigenvalue weighted by Crippen LogP contribution is 2.18. The molecular formula is C14H17N3O4. The second-order valence-corrected chi connectivity index (χ2v) is 5.10. The number of anilines is 1. The van der Waals surface area contributed by atoms with Crippen LogP contribution in [0, 0.1) is 0 Å². The van der Waals surface area contributed by atoms with E-state index in [9.17, 15) is 19.5 Å². The molecule has 1 saturated heterocycles. The third-order valence-electron chi connectivity index (χ3n) is 3.41. The lowest BCUT2D eigenvalue weighted by molar-refractivity contribution is -0.143. The van der Waals surface area contributed by atoms with Crippen molar-refractivity contribution in [1.29, 1.82) is 0 Å². The molecule has 3 amide bonds. The van der Waals surface area contributed by atoms with Crippen LogP contribution in [0.5, 0.6) is 0 Å². The highest BCUT2D eigenvalue weighted by Gasteiger charge is 2.34. The Bertz CT molecular complexity index is 587. The van der Waals surface area contributed by atoms with Gasteiger partial charge < -0.3 is 21.1 Å². The average molecular weight is 291 g/mol. The molecule has 2 atom stereocenters. The first kappa shape index (κ1) is 15.0. The lowest BCUT2D eigenvalue weighted by atomic mass is 10.2. The maximum atomic E-state index is 12.0. The van der Waals surface area contributed by atoms with Crippen LogP contribution < -0.4 is 11.1 Å². The van der Waals surface area contributed by atoms with Gasteiger partial charge in [-0.05, 0) is 31.5 Å². The van der Waals surface area contributed by atoms with E-state index in [0.717, 1.165) is 0 Å². The van der Waals surface area contributed by atoms with Gasteiger partial charge >= 0.3 is 11.8 Å². The van der Waals surface area contributed by atoms with Crippen molar-refractivity contribution in [2.24, 2.45) is 5.73 Å². The Morgan fingerprint density at radius 2 is 2.10 bits per heavy atom. The third-order valence-corrected chi connectivity index (χ3v) is 3.41. The zero-order valence-corrected chi connectivity index (χ0v) is 11.6. The molecule has 2 rings (SSSR count). The Morgan fingerprint density at radius 1 is 1.38 bits per heavy atom. The van der Waals surface area contributed by atoms with Crippen molar-refractivity contribution in [1.82, 2.24) is 4.90 Å². The number of carbonyl (C=O) groups excluding carboxylic acids is 3. The molecule has 1 heterocycles. The molecule has 2 unspecified atom stereocenters. The first-order valence-corrected chi connectivity index (χ1v) is 6.58. The molecule has 21 heavy (non-hydrogen) atoms. The lowest BCUT2D eigenvalue weighted by Gasteiger charge is -2.20. The number of amides is 3. The minimum atomic E-state index is -0.808. The summed E-state index contributed by atoms with van der Waals surface area (Å²) in [5.41, 5.74) is 5.71. The van der Waals surface area contributed by atoms with Crippen molar-refractivity contribution in [3.8, 4) is 0 Å². The van der Waals surface area contributed by atoms with E-state index in [1.165, 1.54) is 17.0 Å². The summed E-state index contributed by atoms with van der Waals surface area (Å²) >= 11 is 0. The van der Waals surface area contributed by atoms with Gasteiger partial charge in [-0.1, -0.05) is 6.07 Å². The molecule has 0 radical (unpaired) electrons. The quantitative estimate of drug-likeness (QED) is 0.649. The van der Waals surface area contributed by atoms with Gasteiger partial charge in [0.15, 0.2) is 0 Å². The van der Waals surface area contributed by atoms with E-state index in [1.54, 1.807) is 19.1 Å². The molecule has 0 aromatic heterocycles. The first-order valence-electron chi connectivity index (χ1n) is 6.58. The number of hydrogen-bond donors (Lipinski definition) is 3. The van der Waals surface area contributed by atoms with Crippen LogP contribution >= 0.6 is 0 Å². The fourth-order valence-electron chi connectivity index (χ4n) is 2.35. The molecule has 0 aliphatic carbocycles. The maximum Gasteiger partial charge on any atom is 0.313 e. The maximum absolute atomic E-state index is 12.0. The molecule has 1 fully saturated rings. The van der Waals surface area contributed by atoms with E-state index in [2.05, 4.69) is 5.32 Å². The second kappa shape index (κ2) is 5.92. The molecule has 1 aliphatic heterocycles. The molecule has 1 aromatic rings. The molecule has 7 nitrogen and oxygen atoms in total. The van der Waals surface area contributed by atoms with Crippen molar-refractivity contribution < 1.29 is 19.5 Å². The van der Waals surface area contributed by atoms with Gasteiger partial charge in [-0.3, -0.25) is 14.4 Å². The zero-order chi connectivity index (χ0) is 15.6. The van der Waals surface area contributed by atoms with E-state index in [4.69, 9.17) is 5.73 Å². The number of primary amides is 1. The highest BCUT2D eigenvalue weighted by molar-refractivity contribution is 6.39. The van der Waals surface area contributed by atoms with Crippen LogP contribution in [0.25, 0.3) is 0 Å². The first-order chi connectivity index (χ1) is 9.88. The minimum absolute atomic E-state index is 0.148. The SMILES string of the molecule is CC1CC(O)CN1C(=O)C(=O)Nc1cccc(C(N)=O)c1. The van der Waals surface area contributed by atoms with E-state index in [1.807, 2.05) is 0 Å². The molecule has 112 valence electrons. The number of nitrogens with two attached hydrogens (primary N) is 1. The Balaban J connectivity index is 2.06. The van der Waals surface area contributed by atoms with Crippen LogP contribution in [0.4, 0.5) is 5.69 Å². The number of nitrogens with zero attached hydrogens (tertiary/aromatic N) is 1. The molecule has 4 N–H and O–H groups in total. The van der Waals surface area contributed by atoms with Gasteiger partial charge in [-0.2, -0.15) is 0 Å². The minimum Gasteiger partial charge on any atom is -0.391 e. The predicted octanol–water partition coefficient (Wildman–Crippen LogP) is -0.294. The molecule has 0 bridgehead atoms. The Hall–Kier alpha value is -2.41. The van der Waals surface area contributed by atoms with Gasteiger partial charge in [0.2, 0.25) is 5.91 Å². The summed E-state index contributed by atoms with van der Waals surface area (Å²) in [6.45, 7) is 1.92. The second-order valence-electron chi connectivity index (χ2n) is 5.10. The van der Waals surface area contributed by atoms with Crippen LogP contribution in [0.1, 0.15) is 23.7 Å². The Kier molecular flexibility index (Phi) is 4.23. The van der Waals surface area contributed by atoms with Crippen LogP contribution in [0.15, 0.2) is 24.3 Å². The largest absolute Gasteiger partial charge is 0.391 e. The predicted molar refractivity (Wildman–Crippen MR) is 75.4 cm³/mol. The molecule has 1 aromatic carbocycles. The number of β-amino-alcohol motifs (C(OH)–C–C–N with tert-alkyl or cyclic N) is 1. The van der Waals surface area contributed by atoms with E-state index in [0.29, 0.717) is 12.1 Å². The number of aliphatic hydroxyl groups is 1. The Morgan fingerprint density at radius 3 is 2.67 bits per heavy atom.